The molecule has 2 rings (SSSR count). The van der Waals surface area contributed by atoms with Gasteiger partial charge in [0.05, 0.1) is 5.69 Å². The highest BCUT2D eigenvalue weighted by atomic mass is 79.9. The van der Waals surface area contributed by atoms with E-state index in [1.165, 1.54) is 0 Å². The minimum absolute atomic E-state index is 0.467. The molecule has 0 aliphatic rings. The van der Waals surface area contributed by atoms with Gasteiger partial charge in [-0.3, -0.25) is 0 Å². The van der Waals surface area contributed by atoms with E-state index in [1.54, 1.807) is 0 Å². The number of nitrogens with two attached hydrogens (primary N) is 1. The summed E-state index contributed by atoms with van der Waals surface area (Å²) in [5.41, 5.74) is 7.77. The fraction of sp³-hybridized carbons (Fsp3) is 0.273. The summed E-state index contributed by atoms with van der Waals surface area (Å²) in [5.74, 6) is 1.63. The molecule has 5 heteroatoms. The zero-order valence-corrected chi connectivity index (χ0v) is 10.8. The van der Waals surface area contributed by atoms with E-state index >= 15 is 0 Å². The van der Waals surface area contributed by atoms with E-state index < -0.39 is 0 Å². The van der Waals surface area contributed by atoms with Gasteiger partial charge in [-0.05, 0) is 26.0 Å². The summed E-state index contributed by atoms with van der Waals surface area (Å²) in [6, 6.07) is 5.94. The van der Waals surface area contributed by atoms with Crippen LogP contribution < -0.4 is 5.73 Å². The molecule has 0 atom stereocenters. The van der Waals surface area contributed by atoms with Crippen LogP contribution >= 0.6 is 15.9 Å². The number of halogens is 1. The Morgan fingerprint density at radius 3 is 2.69 bits per heavy atom. The molecule has 0 spiro atoms. The predicted octanol–water partition coefficient (Wildman–Crippen LogP) is 2.11. The zero-order valence-electron chi connectivity index (χ0n) is 9.24. The van der Waals surface area contributed by atoms with Crippen molar-refractivity contribution < 1.29 is 0 Å². The van der Waals surface area contributed by atoms with E-state index in [4.69, 9.17) is 5.73 Å². The highest BCUT2D eigenvalue weighted by Gasteiger charge is 2.10. The third-order valence-corrected chi connectivity index (χ3v) is 3.14. The lowest BCUT2D eigenvalue weighted by Gasteiger charge is -2.10. The predicted molar refractivity (Wildman–Crippen MR) is 66.4 cm³/mol. The topological polar surface area (TPSA) is 56.7 Å². The normalized spacial score (nSPS) is 10.8. The molecule has 0 saturated carbocycles. The van der Waals surface area contributed by atoms with Crippen LogP contribution in [0.2, 0.25) is 0 Å². The van der Waals surface area contributed by atoms with Crippen LogP contribution in [0.15, 0.2) is 22.7 Å². The Balaban J connectivity index is 2.64. The molecule has 0 unspecified atom stereocenters. The van der Waals surface area contributed by atoms with Crippen LogP contribution in [0.25, 0.3) is 5.69 Å². The van der Waals surface area contributed by atoms with Gasteiger partial charge in [0.1, 0.15) is 11.6 Å². The lowest BCUT2D eigenvalue weighted by atomic mass is 10.2. The smallest absolute Gasteiger partial charge is 0.148 e. The van der Waals surface area contributed by atoms with Crippen molar-refractivity contribution >= 4 is 15.9 Å². The van der Waals surface area contributed by atoms with E-state index in [-0.39, 0.29) is 0 Å². The second-order valence-corrected chi connectivity index (χ2v) is 4.41. The zero-order chi connectivity index (χ0) is 11.7. The monoisotopic (exact) mass is 280 g/mol. The number of aryl methyl sites for hydroxylation is 2. The van der Waals surface area contributed by atoms with Crippen LogP contribution in [-0.4, -0.2) is 14.8 Å². The minimum Gasteiger partial charge on any atom is -0.326 e. The largest absolute Gasteiger partial charge is 0.326 e. The molecule has 1 heterocycles. The third-order valence-electron chi connectivity index (χ3n) is 2.40. The first-order chi connectivity index (χ1) is 7.63. The van der Waals surface area contributed by atoms with Crippen molar-refractivity contribution in [3.05, 3.63) is 39.9 Å². The minimum atomic E-state index is 0.467. The van der Waals surface area contributed by atoms with Gasteiger partial charge < -0.3 is 5.73 Å². The van der Waals surface area contributed by atoms with Crippen LogP contribution in [0, 0.1) is 13.8 Å². The standard InChI is InChI=1S/C11H13BrN4/c1-7-14-8(2)16(15-7)11-5-3-4-10(12)9(11)6-13/h3-5H,6,13H2,1-2H3. The Bertz CT molecular complexity index is 519. The lowest BCUT2D eigenvalue weighted by Crippen LogP contribution is -2.07. The molecular weight excluding hydrogens is 268 g/mol. The quantitative estimate of drug-likeness (QED) is 0.917. The highest BCUT2D eigenvalue weighted by molar-refractivity contribution is 9.10. The van der Waals surface area contributed by atoms with Crippen LogP contribution in [-0.2, 0) is 6.54 Å². The van der Waals surface area contributed by atoms with E-state index in [1.807, 2.05) is 36.7 Å². The van der Waals surface area contributed by atoms with Gasteiger partial charge in [0.15, 0.2) is 0 Å². The lowest BCUT2D eigenvalue weighted by molar-refractivity contribution is 0.814. The summed E-state index contributed by atoms with van der Waals surface area (Å²) in [7, 11) is 0. The molecule has 0 aliphatic carbocycles. The van der Waals surface area contributed by atoms with Crippen molar-refractivity contribution in [1.29, 1.82) is 0 Å². The Morgan fingerprint density at radius 1 is 1.38 bits per heavy atom. The molecule has 1 aromatic carbocycles. The first-order valence-electron chi connectivity index (χ1n) is 5.01. The molecular formula is C11H13BrN4. The van der Waals surface area contributed by atoms with Gasteiger partial charge >= 0.3 is 0 Å². The van der Waals surface area contributed by atoms with E-state index in [0.717, 1.165) is 27.4 Å². The third kappa shape index (κ3) is 1.88. The molecule has 16 heavy (non-hydrogen) atoms. The summed E-state index contributed by atoms with van der Waals surface area (Å²) in [4.78, 5) is 4.29. The van der Waals surface area contributed by atoms with Crippen molar-refractivity contribution in [2.24, 2.45) is 5.73 Å². The molecule has 0 amide bonds. The number of hydrogen-bond donors (Lipinski definition) is 1. The van der Waals surface area contributed by atoms with Gasteiger partial charge in [-0.25, -0.2) is 9.67 Å². The van der Waals surface area contributed by atoms with Gasteiger partial charge in [-0.1, -0.05) is 22.0 Å². The molecule has 0 aliphatic heterocycles. The van der Waals surface area contributed by atoms with Gasteiger partial charge in [0, 0.05) is 16.6 Å². The molecule has 0 bridgehead atoms. The molecule has 4 nitrogen and oxygen atoms in total. The Kier molecular flexibility index (Phi) is 3.07. The number of rotatable bonds is 2. The SMILES string of the molecule is Cc1nc(C)n(-c2cccc(Br)c2CN)n1. The Morgan fingerprint density at radius 2 is 2.12 bits per heavy atom. The second kappa shape index (κ2) is 4.35. The fourth-order valence-corrected chi connectivity index (χ4v) is 2.21. The maximum atomic E-state index is 5.75. The van der Waals surface area contributed by atoms with Crippen LogP contribution in [0.3, 0.4) is 0 Å². The molecule has 2 N–H and O–H groups in total. The van der Waals surface area contributed by atoms with Crippen molar-refractivity contribution in [2.75, 3.05) is 0 Å². The van der Waals surface area contributed by atoms with E-state index in [0.29, 0.717) is 6.54 Å². The van der Waals surface area contributed by atoms with Gasteiger partial charge in [-0.2, -0.15) is 5.10 Å². The average Bonchev–Trinajstić information content (AvgIpc) is 2.57. The van der Waals surface area contributed by atoms with Crippen molar-refractivity contribution in [3.8, 4) is 5.69 Å². The highest BCUT2D eigenvalue weighted by Crippen LogP contribution is 2.23. The Labute approximate surface area is 103 Å². The second-order valence-electron chi connectivity index (χ2n) is 3.56. The molecule has 84 valence electrons. The van der Waals surface area contributed by atoms with Crippen molar-refractivity contribution in [3.63, 3.8) is 0 Å². The van der Waals surface area contributed by atoms with Gasteiger partial charge in [0.2, 0.25) is 0 Å². The Hall–Kier alpha value is -1.20. The number of aromatic nitrogens is 3. The fourth-order valence-electron chi connectivity index (χ4n) is 1.70. The maximum absolute atomic E-state index is 5.75. The van der Waals surface area contributed by atoms with Gasteiger partial charge in [0.25, 0.3) is 0 Å². The summed E-state index contributed by atoms with van der Waals surface area (Å²) in [6.45, 7) is 4.28. The maximum Gasteiger partial charge on any atom is 0.148 e. The van der Waals surface area contributed by atoms with Gasteiger partial charge in [-0.15, -0.1) is 0 Å². The molecule has 1 aromatic heterocycles. The van der Waals surface area contributed by atoms with Crippen LogP contribution in [0.1, 0.15) is 17.2 Å². The van der Waals surface area contributed by atoms with E-state index in [2.05, 4.69) is 26.0 Å². The van der Waals surface area contributed by atoms with Crippen molar-refractivity contribution in [2.45, 2.75) is 20.4 Å². The number of nitrogens with zero attached hydrogens (tertiary/aromatic N) is 3. The van der Waals surface area contributed by atoms with Crippen LogP contribution in [0.4, 0.5) is 0 Å². The summed E-state index contributed by atoms with van der Waals surface area (Å²) < 4.78 is 2.82. The molecule has 2 aromatic rings. The van der Waals surface area contributed by atoms with Crippen molar-refractivity contribution in [1.82, 2.24) is 14.8 Å². The summed E-state index contributed by atoms with van der Waals surface area (Å²) in [6.07, 6.45) is 0. The first-order valence-corrected chi connectivity index (χ1v) is 5.81. The van der Waals surface area contributed by atoms with Crippen LogP contribution in [0.5, 0.6) is 0 Å². The number of hydrogen-bond acceptors (Lipinski definition) is 3. The summed E-state index contributed by atoms with van der Waals surface area (Å²) >= 11 is 3.49. The molecule has 0 saturated heterocycles. The molecule has 0 radical (unpaired) electrons. The average molecular weight is 281 g/mol. The molecule has 0 fully saturated rings. The van der Waals surface area contributed by atoms with E-state index in [9.17, 15) is 0 Å². The number of benzene rings is 1. The first kappa shape index (κ1) is 11.3. The summed E-state index contributed by atoms with van der Waals surface area (Å²) in [5, 5.41) is 4.36.